The lowest BCUT2D eigenvalue weighted by atomic mass is 10.1. The van der Waals surface area contributed by atoms with E-state index in [1.165, 1.54) is 29.5 Å². The lowest BCUT2D eigenvalue weighted by Gasteiger charge is -2.17. The van der Waals surface area contributed by atoms with Gasteiger partial charge in [-0.15, -0.1) is 10.2 Å². The zero-order valence-corrected chi connectivity index (χ0v) is 30.5. The summed E-state index contributed by atoms with van der Waals surface area (Å²) in [6.07, 6.45) is 4.34. The number of nitrogens with one attached hydrogen (secondary N) is 2. The molecule has 7 aromatic rings. The van der Waals surface area contributed by atoms with Gasteiger partial charge in [-0.2, -0.15) is 0 Å². The van der Waals surface area contributed by atoms with Crippen LogP contribution in [0.5, 0.6) is 0 Å². The lowest BCUT2D eigenvalue weighted by molar-refractivity contribution is -0.113. The molecule has 0 fully saturated rings. The predicted molar refractivity (Wildman–Crippen MR) is 208 cm³/mol. The number of anilines is 2. The van der Waals surface area contributed by atoms with E-state index < -0.39 is 0 Å². The average molecular weight is 725 g/mol. The van der Waals surface area contributed by atoms with E-state index in [2.05, 4.69) is 44.9 Å². The number of thioether (sulfide) groups is 1. The topological polar surface area (TPSA) is 120 Å². The summed E-state index contributed by atoms with van der Waals surface area (Å²) in [6, 6.07) is 28.9. The van der Waals surface area contributed by atoms with Crippen LogP contribution in [0.4, 0.5) is 15.8 Å². The van der Waals surface area contributed by atoms with E-state index >= 15 is 0 Å². The summed E-state index contributed by atoms with van der Waals surface area (Å²) in [5, 5.41) is 15.5. The molecular weight excluding hydrogens is 688 g/mol. The molecule has 0 saturated carbocycles. The van der Waals surface area contributed by atoms with E-state index in [1.54, 1.807) is 42.7 Å². The van der Waals surface area contributed by atoms with Crippen molar-refractivity contribution in [2.24, 2.45) is 0 Å². The molecule has 0 saturated heterocycles. The molecule has 0 atom stereocenters. The Bertz CT molecular complexity index is 2420. The number of rotatable bonds is 11. The summed E-state index contributed by atoms with van der Waals surface area (Å²) in [5.74, 6) is 0.496. The SMILES string of the molecule is CCc1ccc(-n2c(SCC(=O)Nc3ccc(C(=O)Nc4c(C)cccc4-c4nc5ccc(F)cc5n4C(C)C)cc3)nnc2-c2ccncc2)cc1. The Morgan fingerprint density at radius 1 is 0.868 bits per heavy atom. The number of benzene rings is 4. The first-order chi connectivity index (χ1) is 25.7. The Kier molecular flexibility index (Phi) is 10.1. The number of hydrogen-bond donors (Lipinski definition) is 2. The standard InChI is InChI=1S/C41H37FN8O2S/c1-5-27-9-16-32(17-10-27)50-38(28-19-21-43-22-20-28)47-48-41(50)53-24-36(51)44-31-14-11-29(12-15-31)40(52)46-37-26(4)7-6-8-33(37)39-45-34-18-13-30(42)23-35(34)49(39)25(2)3/h6-23,25H,5,24H2,1-4H3,(H,44,51)(H,46,52). The Hall–Kier alpha value is -6.14. The van der Waals surface area contributed by atoms with Crippen molar-refractivity contribution in [3.63, 3.8) is 0 Å². The minimum Gasteiger partial charge on any atom is -0.325 e. The van der Waals surface area contributed by atoms with Crippen molar-refractivity contribution in [1.29, 1.82) is 0 Å². The van der Waals surface area contributed by atoms with Gasteiger partial charge in [-0.25, -0.2) is 9.37 Å². The van der Waals surface area contributed by atoms with E-state index in [1.807, 2.05) is 72.4 Å². The highest BCUT2D eigenvalue weighted by atomic mass is 32.2. The second kappa shape index (κ2) is 15.2. The highest BCUT2D eigenvalue weighted by Crippen LogP contribution is 2.35. The smallest absolute Gasteiger partial charge is 0.255 e. The Morgan fingerprint density at radius 2 is 1.62 bits per heavy atom. The number of aryl methyl sites for hydroxylation is 2. The Labute approximate surface area is 310 Å². The van der Waals surface area contributed by atoms with Crippen molar-refractivity contribution in [1.82, 2.24) is 29.3 Å². The fourth-order valence-electron chi connectivity index (χ4n) is 6.18. The molecule has 7 rings (SSSR count). The summed E-state index contributed by atoms with van der Waals surface area (Å²) < 4.78 is 18.1. The number of pyridine rings is 1. The first-order valence-corrected chi connectivity index (χ1v) is 18.3. The van der Waals surface area contributed by atoms with Gasteiger partial charge in [-0.05, 0) is 111 Å². The molecule has 0 bridgehead atoms. The zero-order valence-electron chi connectivity index (χ0n) is 29.7. The van der Waals surface area contributed by atoms with Crippen molar-refractivity contribution < 1.29 is 14.0 Å². The molecule has 0 unspecified atom stereocenters. The molecule has 10 nitrogen and oxygen atoms in total. The Morgan fingerprint density at radius 3 is 2.34 bits per heavy atom. The van der Waals surface area contributed by atoms with Crippen LogP contribution in [0.2, 0.25) is 0 Å². The summed E-state index contributed by atoms with van der Waals surface area (Å²) in [5.41, 5.74) is 7.48. The summed E-state index contributed by atoms with van der Waals surface area (Å²) in [6.45, 7) is 8.06. The van der Waals surface area contributed by atoms with E-state index in [9.17, 15) is 14.0 Å². The van der Waals surface area contributed by atoms with Crippen LogP contribution in [0.25, 0.3) is 39.5 Å². The van der Waals surface area contributed by atoms with Gasteiger partial charge in [0.05, 0.1) is 22.5 Å². The number of halogens is 1. The van der Waals surface area contributed by atoms with Gasteiger partial charge in [-0.1, -0.05) is 43.0 Å². The molecule has 12 heteroatoms. The van der Waals surface area contributed by atoms with Crippen LogP contribution in [-0.2, 0) is 11.2 Å². The second-order valence-corrected chi connectivity index (χ2v) is 13.7. The quantitative estimate of drug-likeness (QED) is 0.128. The molecule has 0 aliphatic carbocycles. The normalized spacial score (nSPS) is 11.3. The molecule has 0 spiro atoms. The molecular formula is C41H37FN8O2S. The highest BCUT2D eigenvalue weighted by molar-refractivity contribution is 7.99. The number of fused-ring (bicyclic) bond motifs is 1. The first-order valence-electron chi connectivity index (χ1n) is 17.3. The van der Waals surface area contributed by atoms with Crippen molar-refractivity contribution in [2.45, 2.75) is 45.3 Å². The summed E-state index contributed by atoms with van der Waals surface area (Å²) in [7, 11) is 0. The van der Waals surface area contributed by atoms with Crippen molar-refractivity contribution in [3.8, 4) is 28.5 Å². The van der Waals surface area contributed by atoms with Crippen LogP contribution in [0.15, 0.2) is 115 Å². The maximum Gasteiger partial charge on any atom is 0.255 e. The van der Waals surface area contributed by atoms with Crippen LogP contribution in [0.1, 0.15) is 48.3 Å². The van der Waals surface area contributed by atoms with Gasteiger partial charge in [0.15, 0.2) is 11.0 Å². The average Bonchev–Trinajstić information content (AvgIpc) is 3.77. The molecule has 3 aromatic heterocycles. The van der Waals surface area contributed by atoms with Gasteiger partial charge in [0.1, 0.15) is 11.6 Å². The van der Waals surface area contributed by atoms with Gasteiger partial charge < -0.3 is 15.2 Å². The van der Waals surface area contributed by atoms with Crippen molar-refractivity contribution in [3.05, 3.63) is 132 Å². The fraction of sp³-hybridized carbons (Fsp3) is 0.171. The number of para-hydroxylation sites is 1. The molecule has 3 heterocycles. The fourth-order valence-corrected chi connectivity index (χ4v) is 6.93. The third-order valence-electron chi connectivity index (χ3n) is 8.86. The van der Waals surface area contributed by atoms with Crippen molar-refractivity contribution >= 4 is 46.0 Å². The third kappa shape index (κ3) is 7.44. The summed E-state index contributed by atoms with van der Waals surface area (Å²) >= 11 is 1.28. The second-order valence-electron chi connectivity index (χ2n) is 12.8. The number of carbonyl (C=O) groups is 2. The lowest BCUT2D eigenvalue weighted by Crippen LogP contribution is -2.16. The molecule has 2 N–H and O–H groups in total. The number of imidazole rings is 1. The maximum absolute atomic E-state index is 14.2. The minimum atomic E-state index is -0.338. The van der Waals surface area contributed by atoms with E-state index in [0.29, 0.717) is 44.8 Å². The molecule has 266 valence electrons. The van der Waals surface area contributed by atoms with E-state index in [-0.39, 0.29) is 29.4 Å². The van der Waals surface area contributed by atoms with E-state index in [0.717, 1.165) is 28.8 Å². The van der Waals surface area contributed by atoms with E-state index in [4.69, 9.17) is 4.98 Å². The molecule has 0 radical (unpaired) electrons. The number of hydrogen-bond acceptors (Lipinski definition) is 7. The van der Waals surface area contributed by atoms with Crippen LogP contribution < -0.4 is 10.6 Å². The monoisotopic (exact) mass is 724 g/mol. The van der Waals surface area contributed by atoms with Crippen LogP contribution in [-0.4, -0.2) is 46.9 Å². The van der Waals surface area contributed by atoms with Crippen LogP contribution in [0.3, 0.4) is 0 Å². The molecule has 2 amide bonds. The van der Waals surface area contributed by atoms with Gasteiger partial charge in [-0.3, -0.25) is 19.1 Å². The highest BCUT2D eigenvalue weighted by Gasteiger charge is 2.21. The third-order valence-corrected chi connectivity index (χ3v) is 9.79. The molecule has 53 heavy (non-hydrogen) atoms. The van der Waals surface area contributed by atoms with Gasteiger partial charge in [0, 0.05) is 46.5 Å². The van der Waals surface area contributed by atoms with Crippen LogP contribution in [0, 0.1) is 12.7 Å². The Balaban J connectivity index is 1.05. The zero-order chi connectivity index (χ0) is 37.1. The minimum absolute atomic E-state index is 0.0112. The van der Waals surface area contributed by atoms with Gasteiger partial charge >= 0.3 is 0 Å². The number of amides is 2. The van der Waals surface area contributed by atoms with Crippen LogP contribution >= 0.6 is 11.8 Å². The number of carbonyl (C=O) groups excluding carboxylic acids is 2. The molecule has 0 aliphatic rings. The number of nitrogens with zero attached hydrogens (tertiary/aromatic N) is 6. The van der Waals surface area contributed by atoms with Crippen molar-refractivity contribution in [2.75, 3.05) is 16.4 Å². The largest absolute Gasteiger partial charge is 0.325 e. The maximum atomic E-state index is 14.2. The first kappa shape index (κ1) is 35.3. The predicted octanol–water partition coefficient (Wildman–Crippen LogP) is 8.92. The number of aromatic nitrogens is 6. The van der Waals surface area contributed by atoms with Gasteiger partial charge in [0.2, 0.25) is 5.91 Å². The molecule has 0 aliphatic heterocycles. The summed E-state index contributed by atoms with van der Waals surface area (Å²) in [4.78, 5) is 35.6. The molecule has 4 aromatic carbocycles. The van der Waals surface area contributed by atoms with Gasteiger partial charge in [0.25, 0.3) is 5.91 Å².